The monoisotopic (exact) mass is 396 g/mol. The molecule has 1 heterocycles. The Labute approximate surface area is 181 Å². The van der Waals surface area contributed by atoms with Crippen LogP contribution in [0.1, 0.15) is 40.3 Å². The first kappa shape index (κ1) is 20.6. The van der Waals surface area contributed by atoms with Gasteiger partial charge in [0.15, 0.2) is 0 Å². The van der Waals surface area contributed by atoms with Gasteiger partial charge in [0, 0.05) is 19.5 Å². The lowest BCUT2D eigenvalue weighted by atomic mass is 9.98. The summed E-state index contributed by atoms with van der Waals surface area (Å²) < 4.78 is 0. The molecule has 1 fully saturated rings. The molecule has 0 saturated carbocycles. The molecular formula is C28H32N2. The first-order chi connectivity index (χ1) is 14.7. The minimum atomic E-state index is 0.340. The molecule has 0 amide bonds. The van der Waals surface area contributed by atoms with Crippen LogP contribution in [0.25, 0.3) is 0 Å². The van der Waals surface area contributed by atoms with Crippen LogP contribution >= 0.6 is 0 Å². The summed E-state index contributed by atoms with van der Waals surface area (Å²) >= 11 is 0. The van der Waals surface area contributed by atoms with E-state index in [1.54, 1.807) is 0 Å². The zero-order valence-electron chi connectivity index (χ0n) is 18.0. The van der Waals surface area contributed by atoms with Crippen LogP contribution in [-0.4, -0.2) is 19.3 Å². The molecule has 0 bridgehead atoms. The van der Waals surface area contributed by atoms with Gasteiger partial charge in [-0.15, -0.1) is 0 Å². The number of hydrogen-bond acceptors (Lipinski definition) is 2. The van der Waals surface area contributed by atoms with Gasteiger partial charge in [-0.1, -0.05) is 86.3 Å². The van der Waals surface area contributed by atoms with Crippen molar-refractivity contribution < 1.29 is 0 Å². The lowest BCUT2D eigenvalue weighted by Gasteiger charge is -2.26. The third-order valence-electron chi connectivity index (χ3n) is 5.93. The van der Waals surface area contributed by atoms with Gasteiger partial charge in [-0.2, -0.15) is 0 Å². The predicted octanol–water partition coefficient (Wildman–Crippen LogP) is 5.05. The van der Waals surface area contributed by atoms with Gasteiger partial charge >= 0.3 is 0 Å². The van der Waals surface area contributed by atoms with Gasteiger partial charge in [0.05, 0.1) is 6.17 Å². The Morgan fingerprint density at radius 2 is 1.00 bits per heavy atom. The molecule has 0 atom stereocenters. The molecule has 0 radical (unpaired) electrons. The van der Waals surface area contributed by atoms with E-state index in [0.717, 1.165) is 38.8 Å². The van der Waals surface area contributed by atoms with E-state index in [-0.39, 0.29) is 0 Å². The standard InChI is InChI=1S/C28H32N2/c1-3-22-4-6-23(7-5-22)16-24-8-10-25(11-9-24)17-26-12-14-27(15-13-26)18-28-29-19-21(2)20-30-28/h4-15,28-30H,2-3,16-20H2,1H3. The molecular weight excluding hydrogens is 364 g/mol. The van der Waals surface area contributed by atoms with E-state index in [1.807, 2.05) is 0 Å². The van der Waals surface area contributed by atoms with Gasteiger partial charge in [-0.05, 0) is 58.2 Å². The summed E-state index contributed by atoms with van der Waals surface area (Å²) in [5.74, 6) is 0. The van der Waals surface area contributed by atoms with Crippen LogP contribution in [0, 0.1) is 0 Å². The maximum atomic E-state index is 4.01. The van der Waals surface area contributed by atoms with Gasteiger partial charge in [0.25, 0.3) is 0 Å². The highest BCUT2D eigenvalue weighted by molar-refractivity contribution is 5.33. The highest BCUT2D eigenvalue weighted by atomic mass is 15.1. The molecule has 0 aromatic heterocycles. The molecule has 154 valence electrons. The van der Waals surface area contributed by atoms with Crippen molar-refractivity contribution in [1.29, 1.82) is 0 Å². The maximum Gasteiger partial charge on any atom is 0.0618 e. The van der Waals surface area contributed by atoms with E-state index in [4.69, 9.17) is 0 Å². The van der Waals surface area contributed by atoms with Crippen LogP contribution in [0.2, 0.25) is 0 Å². The van der Waals surface area contributed by atoms with Gasteiger partial charge in [-0.3, -0.25) is 10.6 Å². The van der Waals surface area contributed by atoms with Crippen molar-refractivity contribution in [3.05, 3.63) is 118 Å². The van der Waals surface area contributed by atoms with Crippen LogP contribution < -0.4 is 10.6 Å². The normalized spacial score (nSPS) is 14.8. The third kappa shape index (κ3) is 5.69. The van der Waals surface area contributed by atoms with Crippen molar-refractivity contribution in [2.75, 3.05) is 13.1 Å². The van der Waals surface area contributed by atoms with Gasteiger partial charge < -0.3 is 0 Å². The SMILES string of the molecule is C=C1CNC(Cc2ccc(Cc3ccc(Cc4ccc(CC)cc4)cc3)cc2)NC1. The fourth-order valence-corrected chi connectivity index (χ4v) is 3.98. The molecule has 0 unspecified atom stereocenters. The lowest BCUT2D eigenvalue weighted by molar-refractivity contribution is 0.414. The summed E-state index contributed by atoms with van der Waals surface area (Å²) in [4.78, 5) is 0. The van der Waals surface area contributed by atoms with Crippen molar-refractivity contribution in [1.82, 2.24) is 10.6 Å². The van der Waals surface area contributed by atoms with Crippen LogP contribution in [0.5, 0.6) is 0 Å². The third-order valence-corrected chi connectivity index (χ3v) is 5.93. The second kappa shape index (κ2) is 9.88. The smallest absolute Gasteiger partial charge is 0.0618 e. The molecule has 2 nitrogen and oxygen atoms in total. The minimum Gasteiger partial charge on any atom is -0.298 e. The van der Waals surface area contributed by atoms with Crippen LogP contribution in [0.15, 0.2) is 84.9 Å². The molecule has 0 aliphatic carbocycles. The fourth-order valence-electron chi connectivity index (χ4n) is 3.98. The number of rotatable bonds is 7. The molecule has 3 aromatic rings. The molecule has 3 aromatic carbocycles. The Morgan fingerprint density at radius 1 is 0.633 bits per heavy atom. The molecule has 2 N–H and O–H groups in total. The maximum absolute atomic E-state index is 4.01. The van der Waals surface area contributed by atoms with Crippen molar-refractivity contribution in [3.63, 3.8) is 0 Å². The van der Waals surface area contributed by atoms with Crippen LogP contribution in [0.4, 0.5) is 0 Å². The highest BCUT2D eigenvalue weighted by Gasteiger charge is 2.13. The molecule has 4 rings (SSSR count). The zero-order valence-corrected chi connectivity index (χ0v) is 18.0. The number of benzene rings is 3. The van der Waals surface area contributed by atoms with E-state index < -0.39 is 0 Å². The number of nitrogens with one attached hydrogen (secondary N) is 2. The second-order valence-electron chi connectivity index (χ2n) is 8.43. The number of hydrogen-bond donors (Lipinski definition) is 2. The Balaban J connectivity index is 1.31. The van der Waals surface area contributed by atoms with E-state index >= 15 is 0 Å². The molecule has 1 aliphatic rings. The van der Waals surface area contributed by atoms with E-state index in [0.29, 0.717) is 6.17 Å². The van der Waals surface area contributed by atoms with Gasteiger partial charge in [0.2, 0.25) is 0 Å². The Morgan fingerprint density at radius 3 is 1.40 bits per heavy atom. The van der Waals surface area contributed by atoms with Crippen molar-refractivity contribution in [3.8, 4) is 0 Å². The Kier molecular flexibility index (Phi) is 6.78. The fraction of sp³-hybridized carbons (Fsp3) is 0.286. The van der Waals surface area contributed by atoms with Crippen molar-refractivity contribution >= 4 is 0 Å². The van der Waals surface area contributed by atoms with Crippen molar-refractivity contribution in [2.45, 2.75) is 38.8 Å². The zero-order chi connectivity index (χ0) is 20.8. The van der Waals surface area contributed by atoms with Crippen LogP contribution in [-0.2, 0) is 25.7 Å². The quantitative estimate of drug-likeness (QED) is 0.546. The molecule has 1 saturated heterocycles. The highest BCUT2D eigenvalue weighted by Crippen LogP contribution is 2.16. The first-order valence-electron chi connectivity index (χ1n) is 11.0. The summed E-state index contributed by atoms with van der Waals surface area (Å²) in [7, 11) is 0. The average molecular weight is 397 g/mol. The summed E-state index contributed by atoms with van der Waals surface area (Å²) in [5, 5.41) is 6.98. The Hall–Kier alpha value is -2.68. The largest absolute Gasteiger partial charge is 0.298 e. The average Bonchev–Trinajstić information content (AvgIpc) is 2.78. The molecule has 2 heteroatoms. The first-order valence-corrected chi connectivity index (χ1v) is 11.0. The van der Waals surface area contributed by atoms with Gasteiger partial charge in [0.1, 0.15) is 0 Å². The van der Waals surface area contributed by atoms with E-state index in [2.05, 4.69) is 96.9 Å². The minimum absolute atomic E-state index is 0.340. The molecule has 1 aliphatic heterocycles. The summed E-state index contributed by atoms with van der Waals surface area (Å²) in [6, 6.07) is 27.1. The second-order valence-corrected chi connectivity index (χ2v) is 8.43. The lowest BCUT2D eigenvalue weighted by Crippen LogP contribution is -2.50. The predicted molar refractivity (Wildman–Crippen MR) is 127 cm³/mol. The van der Waals surface area contributed by atoms with Crippen molar-refractivity contribution in [2.24, 2.45) is 0 Å². The summed E-state index contributed by atoms with van der Waals surface area (Å²) in [6.45, 7) is 8.04. The number of aryl methyl sites for hydroxylation is 1. The summed E-state index contributed by atoms with van der Waals surface area (Å²) in [5.41, 5.74) is 9.46. The van der Waals surface area contributed by atoms with Crippen LogP contribution in [0.3, 0.4) is 0 Å². The van der Waals surface area contributed by atoms with E-state index in [1.165, 1.54) is 39.0 Å². The molecule has 30 heavy (non-hydrogen) atoms. The summed E-state index contributed by atoms with van der Waals surface area (Å²) in [6.07, 6.45) is 4.41. The Bertz CT molecular complexity index is 943. The van der Waals surface area contributed by atoms with Gasteiger partial charge in [-0.25, -0.2) is 0 Å². The molecule has 0 spiro atoms. The van der Waals surface area contributed by atoms with E-state index in [9.17, 15) is 0 Å². The topological polar surface area (TPSA) is 24.1 Å².